The minimum absolute atomic E-state index is 0.163. The van der Waals surface area contributed by atoms with Gasteiger partial charge in [0.05, 0.1) is 11.8 Å². The molecule has 0 aliphatic heterocycles. The van der Waals surface area contributed by atoms with Crippen LogP contribution in [0.5, 0.6) is 0 Å². The fourth-order valence-electron chi connectivity index (χ4n) is 1.37. The predicted octanol–water partition coefficient (Wildman–Crippen LogP) is 1.98. The number of carboxylic acids is 1. The van der Waals surface area contributed by atoms with Crippen molar-refractivity contribution < 1.29 is 23.1 Å². The van der Waals surface area contributed by atoms with Gasteiger partial charge in [0.2, 0.25) is 0 Å². The van der Waals surface area contributed by atoms with E-state index in [0.29, 0.717) is 4.68 Å². The van der Waals surface area contributed by atoms with Crippen LogP contribution in [-0.4, -0.2) is 25.8 Å². The second kappa shape index (κ2) is 4.13. The van der Waals surface area contributed by atoms with Crippen LogP contribution in [0.1, 0.15) is 16.1 Å². The van der Waals surface area contributed by atoms with E-state index < -0.39 is 17.8 Å². The number of pyridine rings is 1. The minimum atomic E-state index is -4.59. The summed E-state index contributed by atoms with van der Waals surface area (Å²) in [6.07, 6.45) is -2.50. The van der Waals surface area contributed by atoms with Gasteiger partial charge in [-0.3, -0.25) is 0 Å². The number of aromatic carboxylic acids is 1. The zero-order valence-corrected chi connectivity index (χ0v) is 8.72. The number of halogens is 3. The third kappa shape index (κ3) is 2.17. The molecule has 0 unspecified atom stereocenters. The summed E-state index contributed by atoms with van der Waals surface area (Å²) >= 11 is 0. The third-order valence-electron chi connectivity index (χ3n) is 2.14. The molecule has 0 bridgehead atoms. The molecule has 0 fully saturated rings. The lowest BCUT2D eigenvalue weighted by atomic mass is 10.2. The smallest absolute Gasteiger partial charge is 0.433 e. The number of hydrogen-bond donors (Lipinski definition) is 1. The lowest BCUT2D eigenvalue weighted by molar-refractivity contribution is -0.142. The van der Waals surface area contributed by atoms with Gasteiger partial charge in [-0.2, -0.15) is 18.3 Å². The second-order valence-electron chi connectivity index (χ2n) is 3.33. The number of aromatic nitrogens is 3. The van der Waals surface area contributed by atoms with Gasteiger partial charge in [-0.05, 0) is 18.2 Å². The molecular formula is C10H6F3N3O2. The molecule has 0 aromatic carbocycles. The van der Waals surface area contributed by atoms with E-state index in [1.54, 1.807) is 0 Å². The van der Waals surface area contributed by atoms with E-state index in [-0.39, 0.29) is 11.4 Å². The number of carboxylic acid groups (broad SMARTS) is 1. The summed E-state index contributed by atoms with van der Waals surface area (Å²) in [4.78, 5) is 14.4. The van der Waals surface area contributed by atoms with Crippen LogP contribution < -0.4 is 0 Å². The lowest BCUT2D eigenvalue weighted by Crippen LogP contribution is -2.14. The summed E-state index contributed by atoms with van der Waals surface area (Å²) in [5, 5.41) is 12.3. The quantitative estimate of drug-likeness (QED) is 0.893. The molecule has 0 saturated heterocycles. The number of carbonyl (C=O) groups is 1. The van der Waals surface area contributed by atoms with Gasteiger partial charge in [0.15, 0.2) is 5.82 Å². The van der Waals surface area contributed by atoms with Crippen molar-refractivity contribution in [3.63, 3.8) is 0 Å². The largest absolute Gasteiger partial charge is 0.478 e. The Morgan fingerprint density at radius 2 is 2.00 bits per heavy atom. The molecule has 0 aliphatic carbocycles. The van der Waals surface area contributed by atoms with Gasteiger partial charge in [0.25, 0.3) is 0 Å². The summed E-state index contributed by atoms with van der Waals surface area (Å²) < 4.78 is 38.4. The monoisotopic (exact) mass is 257 g/mol. The summed E-state index contributed by atoms with van der Waals surface area (Å²) in [6.45, 7) is 0. The highest BCUT2D eigenvalue weighted by Crippen LogP contribution is 2.30. The second-order valence-corrected chi connectivity index (χ2v) is 3.33. The zero-order chi connectivity index (χ0) is 13.3. The van der Waals surface area contributed by atoms with E-state index >= 15 is 0 Å². The Hall–Kier alpha value is -2.38. The van der Waals surface area contributed by atoms with E-state index in [4.69, 9.17) is 5.11 Å². The molecule has 2 aromatic rings. The van der Waals surface area contributed by atoms with Gasteiger partial charge in [-0.15, -0.1) is 0 Å². The molecule has 2 heterocycles. The lowest BCUT2D eigenvalue weighted by Gasteiger charge is -2.09. The maximum absolute atomic E-state index is 12.6. The average molecular weight is 257 g/mol. The van der Waals surface area contributed by atoms with Crippen LogP contribution in [0, 0.1) is 0 Å². The molecule has 18 heavy (non-hydrogen) atoms. The van der Waals surface area contributed by atoms with Crippen LogP contribution in [0.4, 0.5) is 13.2 Å². The van der Waals surface area contributed by atoms with E-state index in [9.17, 15) is 18.0 Å². The molecule has 1 N–H and O–H groups in total. The van der Waals surface area contributed by atoms with Crippen LogP contribution in [0.25, 0.3) is 5.82 Å². The molecule has 94 valence electrons. The van der Waals surface area contributed by atoms with Crippen molar-refractivity contribution in [1.82, 2.24) is 14.8 Å². The van der Waals surface area contributed by atoms with Crippen molar-refractivity contribution >= 4 is 5.97 Å². The van der Waals surface area contributed by atoms with Crippen LogP contribution in [0.2, 0.25) is 0 Å². The number of alkyl halides is 3. The first-order valence-electron chi connectivity index (χ1n) is 4.70. The number of hydrogen-bond acceptors (Lipinski definition) is 3. The normalized spacial score (nSPS) is 11.5. The van der Waals surface area contributed by atoms with E-state index in [1.165, 1.54) is 6.07 Å². The summed E-state index contributed by atoms with van der Waals surface area (Å²) in [5.41, 5.74) is -1.18. The highest BCUT2D eigenvalue weighted by molar-refractivity contribution is 5.87. The molecule has 2 rings (SSSR count). The van der Waals surface area contributed by atoms with Gasteiger partial charge in [-0.1, -0.05) is 0 Å². The molecule has 2 aromatic heterocycles. The Balaban J connectivity index is 2.53. The predicted molar refractivity (Wildman–Crippen MR) is 53.3 cm³/mol. The Bertz CT molecular complexity index is 592. The first kappa shape index (κ1) is 12.1. The van der Waals surface area contributed by atoms with Gasteiger partial charge >= 0.3 is 12.1 Å². The summed E-state index contributed by atoms with van der Waals surface area (Å²) in [6, 6.07) is 2.99. The molecule has 0 aliphatic rings. The topological polar surface area (TPSA) is 68.0 Å². The van der Waals surface area contributed by atoms with E-state index in [0.717, 1.165) is 24.5 Å². The SMILES string of the molecule is O=C(O)c1ccnc(-n2nccc2C(F)(F)F)c1. The number of nitrogens with zero attached hydrogens (tertiary/aromatic N) is 3. The zero-order valence-electron chi connectivity index (χ0n) is 8.72. The van der Waals surface area contributed by atoms with Gasteiger partial charge in [0.1, 0.15) is 5.69 Å². The average Bonchev–Trinajstić information content (AvgIpc) is 2.77. The standard InChI is InChI=1S/C10H6F3N3O2/c11-10(12,13)7-2-4-15-16(7)8-5-6(9(17)18)1-3-14-8/h1-5H,(H,17,18). The number of rotatable bonds is 2. The van der Waals surface area contributed by atoms with Crippen molar-refractivity contribution in [2.24, 2.45) is 0 Å². The maximum atomic E-state index is 12.6. The molecule has 0 atom stereocenters. The summed E-state index contributed by atoms with van der Waals surface area (Å²) in [7, 11) is 0. The van der Waals surface area contributed by atoms with Gasteiger partial charge in [-0.25, -0.2) is 14.5 Å². The highest BCUT2D eigenvalue weighted by Gasteiger charge is 2.35. The third-order valence-corrected chi connectivity index (χ3v) is 2.14. The van der Waals surface area contributed by atoms with Crippen molar-refractivity contribution in [2.75, 3.05) is 0 Å². The highest BCUT2D eigenvalue weighted by atomic mass is 19.4. The van der Waals surface area contributed by atoms with Crippen LogP contribution in [0.15, 0.2) is 30.6 Å². The van der Waals surface area contributed by atoms with E-state index in [2.05, 4.69) is 10.1 Å². The molecule has 8 heteroatoms. The Kier molecular flexibility index (Phi) is 2.77. The minimum Gasteiger partial charge on any atom is -0.478 e. The van der Waals surface area contributed by atoms with Crippen LogP contribution in [0.3, 0.4) is 0 Å². The molecule has 0 radical (unpaired) electrons. The molecule has 0 spiro atoms. The van der Waals surface area contributed by atoms with Crippen LogP contribution >= 0.6 is 0 Å². The van der Waals surface area contributed by atoms with Gasteiger partial charge < -0.3 is 5.11 Å². The van der Waals surface area contributed by atoms with Crippen LogP contribution in [-0.2, 0) is 6.18 Å². The molecule has 5 nitrogen and oxygen atoms in total. The molecule has 0 amide bonds. The Morgan fingerprint density at radius 1 is 1.28 bits per heavy atom. The fourth-order valence-corrected chi connectivity index (χ4v) is 1.37. The Labute approximate surface area is 98.5 Å². The first-order chi connectivity index (χ1) is 8.39. The van der Waals surface area contributed by atoms with Crippen molar-refractivity contribution in [2.45, 2.75) is 6.18 Å². The van der Waals surface area contributed by atoms with Crippen molar-refractivity contribution in [3.05, 3.63) is 41.9 Å². The fraction of sp³-hybridized carbons (Fsp3) is 0.100. The Morgan fingerprint density at radius 3 is 2.61 bits per heavy atom. The van der Waals surface area contributed by atoms with E-state index in [1.807, 2.05) is 0 Å². The van der Waals surface area contributed by atoms with Crippen molar-refractivity contribution in [3.8, 4) is 5.82 Å². The summed E-state index contributed by atoms with van der Waals surface area (Å²) in [5.74, 6) is -1.45. The van der Waals surface area contributed by atoms with Gasteiger partial charge in [0, 0.05) is 6.20 Å². The van der Waals surface area contributed by atoms with Crippen molar-refractivity contribution in [1.29, 1.82) is 0 Å². The first-order valence-corrected chi connectivity index (χ1v) is 4.70. The molecule has 0 saturated carbocycles. The molecular weight excluding hydrogens is 251 g/mol. The maximum Gasteiger partial charge on any atom is 0.433 e.